The van der Waals surface area contributed by atoms with Crippen LogP contribution in [0.4, 0.5) is 4.39 Å². The number of carbonyl (C=O) groups excluding carboxylic acids is 1. The van der Waals surface area contributed by atoms with Crippen LogP contribution >= 0.6 is 11.6 Å². The molecule has 1 aliphatic carbocycles. The molecule has 1 amide bonds. The van der Waals surface area contributed by atoms with Gasteiger partial charge in [0.1, 0.15) is 29.0 Å². The Kier molecular flexibility index (Phi) is 7.87. The van der Waals surface area contributed by atoms with Gasteiger partial charge in [0.2, 0.25) is 0 Å². The van der Waals surface area contributed by atoms with Crippen LogP contribution in [0, 0.1) is 5.82 Å². The second-order valence-electron chi connectivity index (χ2n) is 9.06. The molecule has 4 rings (SSSR count). The normalized spacial score (nSPS) is 18.4. The highest BCUT2D eigenvalue weighted by atomic mass is 35.5. The quantitative estimate of drug-likeness (QED) is 0.382. The van der Waals surface area contributed by atoms with Gasteiger partial charge >= 0.3 is 0 Å². The first-order valence-corrected chi connectivity index (χ1v) is 12.0. The maximum atomic E-state index is 13.7. The van der Waals surface area contributed by atoms with E-state index in [9.17, 15) is 19.4 Å². The van der Waals surface area contributed by atoms with Gasteiger partial charge in [-0.05, 0) is 55.5 Å². The second-order valence-corrected chi connectivity index (χ2v) is 9.47. The molecular formula is C27H28ClFN2O6. The maximum Gasteiger partial charge on any atom is 0.251 e. The Morgan fingerprint density at radius 1 is 1.11 bits per heavy atom. The molecule has 0 bridgehead atoms. The van der Waals surface area contributed by atoms with Gasteiger partial charge < -0.3 is 29.7 Å². The van der Waals surface area contributed by atoms with Gasteiger partial charge in [0, 0.05) is 24.0 Å². The van der Waals surface area contributed by atoms with Crippen LogP contribution in [-0.4, -0.2) is 54.1 Å². The third-order valence-electron chi connectivity index (χ3n) is 6.21. The molecule has 3 N–H and O–H groups in total. The van der Waals surface area contributed by atoms with Crippen LogP contribution in [-0.2, 0) is 5.60 Å². The van der Waals surface area contributed by atoms with Crippen molar-refractivity contribution in [2.24, 2.45) is 0 Å². The summed E-state index contributed by atoms with van der Waals surface area (Å²) in [6.07, 6.45) is 0.663. The van der Waals surface area contributed by atoms with E-state index in [-0.39, 0.29) is 29.5 Å². The first kappa shape index (κ1) is 26.7. The zero-order valence-corrected chi connectivity index (χ0v) is 21.4. The van der Waals surface area contributed by atoms with E-state index in [0.717, 1.165) is 0 Å². The molecule has 3 aromatic rings. The van der Waals surface area contributed by atoms with Crippen molar-refractivity contribution in [1.82, 2.24) is 10.3 Å². The summed E-state index contributed by atoms with van der Waals surface area (Å²) >= 11 is 5.94. The Morgan fingerprint density at radius 3 is 2.46 bits per heavy atom. The lowest BCUT2D eigenvalue weighted by atomic mass is 9.92. The van der Waals surface area contributed by atoms with Gasteiger partial charge in [0.25, 0.3) is 5.91 Å². The van der Waals surface area contributed by atoms with Crippen LogP contribution in [0.3, 0.4) is 0 Å². The first-order valence-electron chi connectivity index (χ1n) is 11.7. The predicted molar refractivity (Wildman–Crippen MR) is 136 cm³/mol. The summed E-state index contributed by atoms with van der Waals surface area (Å²) in [6, 6.07) is 12.2. The topological polar surface area (TPSA) is 110 Å². The standard InChI is InChI=1S/C27H28ClFN2O6/c1-27(34,24-9-8-22(35-2)25(31-24)15-4-6-20(29)19(28)10-15)14-30-26(33)16-5-7-21(23(11-16)36-3)37-18-12-17(32)13-18/h4-11,17-18,32,34H,12-14H2,1-3H3,(H,30,33)/t17-,18-,27?. The van der Waals surface area contributed by atoms with Crippen molar-refractivity contribution in [3.05, 3.63) is 70.6 Å². The second kappa shape index (κ2) is 10.9. The van der Waals surface area contributed by atoms with E-state index >= 15 is 0 Å². The SMILES string of the molecule is COc1cc(C(=O)NCC(C)(O)c2ccc(OC)c(-c3ccc(F)c(Cl)c3)n2)ccc1O[C@H]1C[C@H](O)C1. The average molecular weight is 531 g/mol. The molecule has 1 heterocycles. The van der Waals surface area contributed by atoms with Gasteiger partial charge in [-0.1, -0.05) is 11.6 Å². The van der Waals surface area contributed by atoms with Gasteiger partial charge in [-0.3, -0.25) is 4.79 Å². The number of ether oxygens (including phenoxy) is 3. The third-order valence-corrected chi connectivity index (χ3v) is 6.50. The van der Waals surface area contributed by atoms with Crippen LogP contribution in [0.2, 0.25) is 5.02 Å². The summed E-state index contributed by atoms with van der Waals surface area (Å²) < 4.78 is 30.2. The first-order chi connectivity index (χ1) is 17.6. The maximum absolute atomic E-state index is 13.7. The number of amides is 1. The Hall–Kier alpha value is -3.40. The lowest BCUT2D eigenvalue weighted by Gasteiger charge is -2.32. The molecule has 196 valence electrons. The van der Waals surface area contributed by atoms with Crippen molar-refractivity contribution in [2.45, 2.75) is 37.6 Å². The van der Waals surface area contributed by atoms with Gasteiger partial charge in [-0.2, -0.15) is 0 Å². The molecule has 1 saturated carbocycles. The minimum atomic E-state index is -1.54. The number of halogens is 2. The number of pyridine rings is 1. The number of hydrogen-bond acceptors (Lipinski definition) is 7. The molecule has 0 aliphatic heterocycles. The number of carbonyl (C=O) groups is 1. The zero-order valence-electron chi connectivity index (χ0n) is 20.6. The van der Waals surface area contributed by atoms with Gasteiger partial charge in [-0.15, -0.1) is 0 Å². The minimum Gasteiger partial charge on any atom is -0.494 e. The monoisotopic (exact) mass is 530 g/mol. The Bertz CT molecular complexity index is 1300. The van der Waals surface area contributed by atoms with Crippen molar-refractivity contribution in [1.29, 1.82) is 0 Å². The molecule has 2 aromatic carbocycles. The van der Waals surface area contributed by atoms with Crippen molar-refractivity contribution in [3.8, 4) is 28.5 Å². The van der Waals surface area contributed by atoms with E-state index in [4.69, 9.17) is 25.8 Å². The van der Waals surface area contributed by atoms with E-state index in [1.807, 2.05) is 0 Å². The fourth-order valence-corrected chi connectivity index (χ4v) is 4.11. The van der Waals surface area contributed by atoms with Crippen LogP contribution in [0.1, 0.15) is 35.8 Å². The van der Waals surface area contributed by atoms with Crippen molar-refractivity contribution >= 4 is 17.5 Å². The highest BCUT2D eigenvalue weighted by Crippen LogP contribution is 2.34. The Morgan fingerprint density at radius 2 is 1.81 bits per heavy atom. The molecular weight excluding hydrogens is 503 g/mol. The van der Waals surface area contributed by atoms with Crippen LogP contribution in [0.5, 0.6) is 17.2 Å². The molecule has 1 fully saturated rings. The van der Waals surface area contributed by atoms with Crippen LogP contribution in [0.15, 0.2) is 48.5 Å². The number of rotatable bonds is 9. The third kappa shape index (κ3) is 5.95. The largest absolute Gasteiger partial charge is 0.494 e. The summed E-state index contributed by atoms with van der Waals surface area (Å²) in [5, 5.41) is 23.3. The minimum absolute atomic E-state index is 0.0668. The molecule has 1 aliphatic rings. The van der Waals surface area contributed by atoms with Crippen LogP contribution in [0.25, 0.3) is 11.3 Å². The molecule has 10 heteroatoms. The zero-order chi connectivity index (χ0) is 26.7. The summed E-state index contributed by atoms with van der Waals surface area (Å²) in [7, 11) is 2.95. The van der Waals surface area contributed by atoms with E-state index in [2.05, 4.69) is 10.3 Å². The van der Waals surface area contributed by atoms with Crippen molar-refractivity contribution in [2.75, 3.05) is 20.8 Å². The summed E-state index contributed by atoms with van der Waals surface area (Å²) in [4.78, 5) is 17.4. The number of methoxy groups -OCH3 is 2. The van der Waals surface area contributed by atoms with Gasteiger partial charge in [-0.25, -0.2) is 9.37 Å². The van der Waals surface area contributed by atoms with E-state index < -0.39 is 17.3 Å². The number of aliphatic hydroxyl groups excluding tert-OH is 1. The van der Waals surface area contributed by atoms with Crippen molar-refractivity contribution < 1.29 is 33.6 Å². The predicted octanol–water partition coefficient (Wildman–Crippen LogP) is 4.10. The number of hydrogen-bond donors (Lipinski definition) is 3. The Labute approximate surface area is 219 Å². The van der Waals surface area contributed by atoms with Gasteiger partial charge in [0.05, 0.1) is 37.6 Å². The fraction of sp³-hybridized carbons (Fsp3) is 0.333. The van der Waals surface area contributed by atoms with E-state index in [0.29, 0.717) is 46.9 Å². The molecule has 1 aromatic heterocycles. The number of nitrogens with zero attached hydrogens (tertiary/aromatic N) is 1. The molecule has 37 heavy (non-hydrogen) atoms. The summed E-state index contributed by atoms with van der Waals surface area (Å²) in [6.45, 7) is 1.38. The van der Waals surface area contributed by atoms with Crippen molar-refractivity contribution in [3.63, 3.8) is 0 Å². The Balaban J connectivity index is 1.49. The molecule has 8 nitrogen and oxygen atoms in total. The summed E-state index contributed by atoms with van der Waals surface area (Å²) in [5.74, 6) is 0.299. The lowest BCUT2D eigenvalue weighted by molar-refractivity contribution is -0.0118. The fourth-order valence-electron chi connectivity index (χ4n) is 3.93. The molecule has 0 spiro atoms. The lowest BCUT2D eigenvalue weighted by Crippen LogP contribution is -2.39. The van der Waals surface area contributed by atoms with Crippen LogP contribution < -0.4 is 19.5 Å². The smallest absolute Gasteiger partial charge is 0.251 e. The van der Waals surface area contributed by atoms with Gasteiger partial charge in [0.15, 0.2) is 11.5 Å². The molecule has 0 saturated heterocycles. The molecule has 0 radical (unpaired) electrons. The number of nitrogens with one attached hydrogen (secondary N) is 1. The molecule has 1 unspecified atom stereocenters. The number of aromatic nitrogens is 1. The number of benzene rings is 2. The summed E-state index contributed by atoms with van der Waals surface area (Å²) in [5.41, 5.74) is -0.0757. The van der Waals surface area contributed by atoms with E-state index in [1.54, 1.807) is 30.3 Å². The highest BCUT2D eigenvalue weighted by Gasteiger charge is 2.30. The number of aliphatic hydroxyl groups is 2. The van der Waals surface area contributed by atoms with E-state index in [1.165, 1.54) is 39.3 Å². The average Bonchev–Trinajstić information content (AvgIpc) is 2.87. The highest BCUT2D eigenvalue weighted by molar-refractivity contribution is 6.31. The molecule has 1 atom stereocenters.